The van der Waals surface area contributed by atoms with Crippen LogP contribution in [0.25, 0.3) is 0 Å². The van der Waals surface area contributed by atoms with Crippen LogP contribution in [0.1, 0.15) is 33.6 Å². The first-order valence-corrected chi connectivity index (χ1v) is 6.83. The minimum Gasteiger partial charge on any atom is -0.357 e. The van der Waals surface area contributed by atoms with Crippen LogP contribution in [0.5, 0.6) is 0 Å². The van der Waals surface area contributed by atoms with Crippen molar-refractivity contribution >= 4 is 17.8 Å². The maximum atomic E-state index is 4.41. The second-order valence-corrected chi connectivity index (χ2v) is 5.22. The summed E-state index contributed by atoms with van der Waals surface area (Å²) in [6.07, 6.45) is 2.29. The van der Waals surface area contributed by atoms with Crippen LogP contribution >= 0.6 is 0 Å². The van der Waals surface area contributed by atoms with Gasteiger partial charge in [0.05, 0.1) is 0 Å². The Kier molecular flexibility index (Phi) is 5.79. The summed E-state index contributed by atoms with van der Waals surface area (Å²) < 4.78 is 0. The smallest absolute Gasteiger partial charge is 0.231 e. The van der Waals surface area contributed by atoms with Gasteiger partial charge in [-0.25, -0.2) is 0 Å². The molecule has 0 radical (unpaired) electrons. The Balaban J connectivity index is 2.79. The van der Waals surface area contributed by atoms with Crippen LogP contribution in [-0.2, 0) is 0 Å². The fourth-order valence-electron chi connectivity index (χ4n) is 1.79. The lowest BCUT2D eigenvalue weighted by Crippen LogP contribution is -2.22. The van der Waals surface area contributed by atoms with Gasteiger partial charge in [-0.05, 0) is 19.3 Å². The van der Waals surface area contributed by atoms with Crippen molar-refractivity contribution in [3.05, 3.63) is 0 Å². The molecular weight excluding hydrogens is 240 g/mol. The van der Waals surface area contributed by atoms with E-state index in [1.807, 2.05) is 19.0 Å². The van der Waals surface area contributed by atoms with Crippen LogP contribution in [0.4, 0.5) is 17.8 Å². The zero-order valence-corrected chi connectivity index (χ0v) is 12.9. The summed E-state index contributed by atoms with van der Waals surface area (Å²) in [7, 11) is 5.64. The fraction of sp³-hybridized carbons (Fsp3) is 0.769. The lowest BCUT2D eigenvalue weighted by Gasteiger charge is -2.19. The molecular formula is C13H26N6. The largest absolute Gasteiger partial charge is 0.357 e. The first kappa shape index (κ1) is 15.5. The molecule has 2 unspecified atom stereocenters. The van der Waals surface area contributed by atoms with Crippen molar-refractivity contribution in [1.29, 1.82) is 0 Å². The maximum Gasteiger partial charge on any atom is 0.231 e. The van der Waals surface area contributed by atoms with Crippen molar-refractivity contribution in [2.24, 2.45) is 5.92 Å². The van der Waals surface area contributed by atoms with Gasteiger partial charge in [0, 0.05) is 27.2 Å². The molecule has 108 valence electrons. The zero-order valence-electron chi connectivity index (χ0n) is 12.9. The molecule has 0 saturated carbocycles. The quantitative estimate of drug-likeness (QED) is 0.789. The topological polar surface area (TPSA) is 66.0 Å². The lowest BCUT2D eigenvalue weighted by molar-refractivity contribution is 0.482. The van der Waals surface area contributed by atoms with E-state index in [-0.39, 0.29) is 0 Å². The van der Waals surface area contributed by atoms with Gasteiger partial charge < -0.3 is 15.5 Å². The van der Waals surface area contributed by atoms with Crippen LogP contribution in [0.2, 0.25) is 0 Å². The lowest BCUT2D eigenvalue weighted by atomic mass is 10.0. The van der Waals surface area contributed by atoms with Crippen LogP contribution in [0.3, 0.4) is 0 Å². The molecule has 1 rings (SSSR count). The molecule has 0 aliphatic carbocycles. The molecule has 2 atom stereocenters. The highest BCUT2D eigenvalue weighted by atomic mass is 15.3. The molecule has 19 heavy (non-hydrogen) atoms. The molecule has 0 aliphatic rings. The van der Waals surface area contributed by atoms with Gasteiger partial charge in [-0.3, -0.25) is 0 Å². The maximum absolute atomic E-state index is 4.41. The van der Waals surface area contributed by atoms with Gasteiger partial charge in [0.1, 0.15) is 0 Å². The van der Waals surface area contributed by atoms with Gasteiger partial charge in [0.25, 0.3) is 0 Å². The Morgan fingerprint density at radius 3 is 2.26 bits per heavy atom. The fourth-order valence-corrected chi connectivity index (χ4v) is 1.79. The highest BCUT2D eigenvalue weighted by molar-refractivity contribution is 5.42. The van der Waals surface area contributed by atoms with Gasteiger partial charge in [-0.2, -0.15) is 15.0 Å². The molecule has 1 aromatic rings. The molecule has 1 heterocycles. The van der Waals surface area contributed by atoms with Gasteiger partial charge in [0.15, 0.2) is 0 Å². The molecule has 0 bridgehead atoms. The van der Waals surface area contributed by atoms with Gasteiger partial charge in [-0.1, -0.05) is 20.3 Å². The normalized spacial score (nSPS) is 13.8. The van der Waals surface area contributed by atoms with E-state index in [4.69, 9.17) is 0 Å². The molecule has 0 aliphatic heterocycles. The number of aromatic nitrogens is 3. The summed E-state index contributed by atoms with van der Waals surface area (Å²) in [6.45, 7) is 6.63. The third-order valence-electron chi connectivity index (χ3n) is 3.08. The van der Waals surface area contributed by atoms with Crippen LogP contribution in [-0.4, -0.2) is 42.1 Å². The van der Waals surface area contributed by atoms with E-state index in [0.717, 1.165) is 6.42 Å². The number of nitrogens with one attached hydrogen (secondary N) is 2. The van der Waals surface area contributed by atoms with Gasteiger partial charge in [0.2, 0.25) is 17.8 Å². The Morgan fingerprint density at radius 1 is 1.11 bits per heavy atom. The average molecular weight is 266 g/mol. The van der Waals surface area contributed by atoms with Gasteiger partial charge >= 0.3 is 0 Å². The minimum atomic E-state index is 0.345. The Morgan fingerprint density at radius 2 is 1.74 bits per heavy atom. The van der Waals surface area contributed by atoms with E-state index >= 15 is 0 Å². The van der Waals surface area contributed by atoms with E-state index in [0.29, 0.717) is 29.8 Å². The summed E-state index contributed by atoms with van der Waals surface area (Å²) in [5.41, 5.74) is 0. The highest BCUT2D eigenvalue weighted by Gasteiger charge is 2.11. The van der Waals surface area contributed by atoms with Crippen molar-refractivity contribution in [3.63, 3.8) is 0 Å². The Bertz CT molecular complexity index is 393. The van der Waals surface area contributed by atoms with Crippen molar-refractivity contribution in [1.82, 2.24) is 15.0 Å². The van der Waals surface area contributed by atoms with Crippen LogP contribution < -0.4 is 15.5 Å². The average Bonchev–Trinajstić information content (AvgIpc) is 2.37. The second-order valence-electron chi connectivity index (χ2n) is 5.22. The summed E-state index contributed by atoms with van der Waals surface area (Å²) >= 11 is 0. The molecule has 0 spiro atoms. The third kappa shape index (κ3) is 4.89. The van der Waals surface area contributed by atoms with Crippen molar-refractivity contribution < 1.29 is 0 Å². The SMILES string of the molecule is CCC(C)CC(C)Nc1nc(NC)nc(N(C)C)n1. The molecule has 2 N–H and O–H groups in total. The summed E-state index contributed by atoms with van der Waals surface area (Å²) in [4.78, 5) is 14.9. The first-order chi connectivity index (χ1) is 8.96. The molecule has 6 nitrogen and oxygen atoms in total. The van der Waals surface area contributed by atoms with E-state index in [1.54, 1.807) is 7.05 Å². The number of anilines is 3. The Hall–Kier alpha value is -1.59. The Labute approximate surface area is 116 Å². The molecule has 1 aromatic heterocycles. The van der Waals surface area contributed by atoms with Crippen LogP contribution in [0.15, 0.2) is 0 Å². The molecule has 0 fully saturated rings. The number of hydrogen-bond acceptors (Lipinski definition) is 6. The highest BCUT2D eigenvalue weighted by Crippen LogP contribution is 2.15. The van der Waals surface area contributed by atoms with Crippen molar-refractivity contribution in [3.8, 4) is 0 Å². The predicted octanol–water partition coefficient (Wildman–Crippen LogP) is 2.22. The zero-order chi connectivity index (χ0) is 14.4. The van der Waals surface area contributed by atoms with E-state index in [2.05, 4.69) is 46.4 Å². The summed E-state index contributed by atoms with van der Waals surface area (Å²) in [5, 5.41) is 6.31. The monoisotopic (exact) mass is 266 g/mol. The molecule has 0 amide bonds. The first-order valence-electron chi connectivity index (χ1n) is 6.83. The second kappa shape index (κ2) is 7.11. The number of rotatable bonds is 7. The van der Waals surface area contributed by atoms with E-state index < -0.39 is 0 Å². The summed E-state index contributed by atoms with van der Waals surface area (Å²) in [6, 6.07) is 0.345. The van der Waals surface area contributed by atoms with E-state index in [9.17, 15) is 0 Å². The van der Waals surface area contributed by atoms with Crippen molar-refractivity contribution in [2.75, 3.05) is 36.7 Å². The number of hydrogen-bond donors (Lipinski definition) is 2. The minimum absolute atomic E-state index is 0.345. The molecule has 0 saturated heterocycles. The molecule has 0 aromatic carbocycles. The van der Waals surface area contributed by atoms with E-state index in [1.165, 1.54) is 6.42 Å². The number of nitrogens with zero attached hydrogens (tertiary/aromatic N) is 4. The van der Waals surface area contributed by atoms with Crippen LogP contribution in [0, 0.1) is 5.92 Å². The standard InChI is InChI=1S/C13H26N6/c1-7-9(2)8-10(3)15-12-16-11(14-4)17-13(18-12)19(5)6/h9-10H,7-8H2,1-6H3,(H2,14,15,16,17,18). The van der Waals surface area contributed by atoms with Gasteiger partial charge in [-0.15, -0.1) is 0 Å². The molecule has 6 heteroatoms. The predicted molar refractivity (Wildman–Crippen MR) is 80.9 cm³/mol. The summed E-state index contributed by atoms with van der Waals surface area (Å²) in [5.74, 6) is 2.55. The van der Waals surface area contributed by atoms with Crippen molar-refractivity contribution in [2.45, 2.75) is 39.7 Å². The third-order valence-corrected chi connectivity index (χ3v) is 3.08.